The van der Waals surface area contributed by atoms with Gasteiger partial charge in [-0.25, -0.2) is 0 Å². The van der Waals surface area contributed by atoms with Crippen LogP contribution in [-0.4, -0.2) is 42.3 Å². The minimum Gasteiger partial charge on any atom is -0.341 e. The second kappa shape index (κ2) is 10.2. The minimum atomic E-state index is -0.749. The van der Waals surface area contributed by atoms with E-state index in [0.29, 0.717) is 0 Å². The molecule has 0 aliphatic rings. The van der Waals surface area contributed by atoms with Gasteiger partial charge in [-0.05, 0) is 43.5 Å². The van der Waals surface area contributed by atoms with E-state index in [1.807, 2.05) is 62.4 Å². The molecule has 0 aromatic heterocycles. The number of anilines is 1. The number of nitrogens with one attached hydrogen (secondary N) is 2. The van der Waals surface area contributed by atoms with E-state index in [1.165, 1.54) is 18.0 Å². The third-order valence-corrected chi connectivity index (χ3v) is 4.46. The fourth-order valence-electron chi connectivity index (χ4n) is 2.87. The van der Waals surface area contributed by atoms with Crippen LogP contribution in [-0.2, 0) is 14.4 Å². The molecule has 2 N–H and O–H groups in total. The van der Waals surface area contributed by atoms with Gasteiger partial charge in [-0.2, -0.15) is 0 Å². The first kappa shape index (κ1) is 21.9. The molecule has 0 fully saturated rings. The van der Waals surface area contributed by atoms with Gasteiger partial charge in [0, 0.05) is 18.8 Å². The van der Waals surface area contributed by atoms with E-state index in [2.05, 4.69) is 10.6 Å². The minimum absolute atomic E-state index is 0.104. The maximum absolute atomic E-state index is 12.5. The molecule has 6 heteroatoms. The summed E-state index contributed by atoms with van der Waals surface area (Å²) in [5, 5.41) is 5.47. The highest BCUT2D eigenvalue weighted by atomic mass is 16.2. The number of amides is 3. The zero-order chi connectivity index (χ0) is 21.4. The number of hydrogen-bond donors (Lipinski definition) is 2. The van der Waals surface area contributed by atoms with Crippen LogP contribution in [0.25, 0.3) is 6.08 Å². The Morgan fingerprint density at radius 3 is 2.24 bits per heavy atom. The lowest BCUT2D eigenvalue weighted by Crippen LogP contribution is -2.47. The van der Waals surface area contributed by atoms with E-state index in [0.717, 1.165) is 22.4 Å². The van der Waals surface area contributed by atoms with E-state index in [-0.39, 0.29) is 24.3 Å². The van der Waals surface area contributed by atoms with Crippen molar-refractivity contribution in [1.29, 1.82) is 0 Å². The smallest absolute Gasteiger partial charge is 0.245 e. The van der Waals surface area contributed by atoms with Gasteiger partial charge in [0.25, 0.3) is 0 Å². The van der Waals surface area contributed by atoms with Gasteiger partial charge >= 0.3 is 0 Å². The van der Waals surface area contributed by atoms with Crippen molar-refractivity contribution in [3.8, 4) is 0 Å². The summed E-state index contributed by atoms with van der Waals surface area (Å²) in [6, 6.07) is 14.4. The molecule has 29 heavy (non-hydrogen) atoms. The molecule has 0 saturated carbocycles. The van der Waals surface area contributed by atoms with Crippen LogP contribution in [0.3, 0.4) is 0 Å². The van der Waals surface area contributed by atoms with E-state index < -0.39 is 6.04 Å². The molecule has 0 aliphatic heterocycles. The highest BCUT2D eigenvalue weighted by Gasteiger charge is 2.21. The molecule has 0 spiro atoms. The van der Waals surface area contributed by atoms with Gasteiger partial charge in [-0.15, -0.1) is 0 Å². The largest absolute Gasteiger partial charge is 0.341 e. The molecule has 152 valence electrons. The normalized spacial score (nSPS) is 11.7. The van der Waals surface area contributed by atoms with Crippen molar-refractivity contribution in [2.45, 2.75) is 26.8 Å². The number of para-hydroxylation sites is 1. The highest BCUT2D eigenvalue weighted by molar-refractivity contribution is 5.98. The summed E-state index contributed by atoms with van der Waals surface area (Å²) in [7, 11) is 1.54. The predicted molar refractivity (Wildman–Crippen MR) is 115 cm³/mol. The van der Waals surface area contributed by atoms with Crippen LogP contribution in [0.15, 0.2) is 54.6 Å². The van der Waals surface area contributed by atoms with Crippen LogP contribution >= 0.6 is 0 Å². The topological polar surface area (TPSA) is 78.5 Å². The lowest BCUT2D eigenvalue weighted by atomic mass is 10.1. The summed E-state index contributed by atoms with van der Waals surface area (Å²) in [5.41, 5.74) is 3.56. The Labute approximate surface area is 171 Å². The molecule has 0 heterocycles. The fourth-order valence-corrected chi connectivity index (χ4v) is 2.87. The van der Waals surface area contributed by atoms with Crippen LogP contribution in [0.4, 0.5) is 5.69 Å². The maximum Gasteiger partial charge on any atom is 0.245 e. The first-order valence-corrected chi connectivity index (χ1v) is 9.42. The number of carbonyl (C=O) groups is 3. The van der Waals surface area contributed by atoms with E-state index in [4.69, 9.17) is 0 Å². The SMILES string of the molecule is Cc1cccc(C)c1NC(=O)CN(C)C(=O)C(C)NC(=O)/C=C/c1ccccc1. The fraction of sp³-hybridized carbons (Fsp3) is 0.261. The van der Waals surface area contributed by atoms with E-state index in [9.17, 15) is 14.4 Å². The standard InChI is InChI=1S/C23H27N3O3/c1-16-9-8-10-17(2)22(16)25-21(28)15-26(4)23(29)18(3)24-20(27)14-13-19-11-6-5-7-12-19/h5-14,18H,15H2,1-4H3,(H,24,27)(H,25,28)/b14-13+. The van der Waals surface area contributed by atoms with Crippen molar-refractivity contribution < 1.29 is 14.4 Å². The summed E-state index contributed by atoms with van der Waals surface area (Å²) >= 11 is 0. The quantitative estimate of drug-likeness (QED) is 0.710. The molecule has 0 saturated heterocycles. The summed E-state index contributed by atoms with van der Waals surface area (Å²) < 4.78 is 0. The van der Waals surface area contributed by atoms with Crippen molar-refractivity contribution in [3.63, 3.8) is 0 Å². The molecule has 2 rings (SSSR count). The Morgan fingerprint density at radius 1 is 1.00 bits per heavy atom. The molecule has 3 amide bonds. The molecular formula is C23H27N3O3. The zero-order valence-electron chi connectivity index (χ0n) is 17.2. The first-order chi connectivity index (χ1) is 13.8. The first-order valence-electron chi connectivity index (χ1n) is 9.42. The van der Waals surface area contributed by atoms with Gasteiger partial charge in [-0.1, -0.05) is 48.5 Å². The summed E-state index contributed by atoms with van der Waals surface area (Å²) in [5.74, 6) is -1.01. The predicted octanol–water partition coefficient (Wildman–Crippen LogP) is 2.92. The lowest BCUT2D eigenvalue weighted by Gasteiger charge is -2.22. The average Bonchev–Trinajstić information content (AvgIpc) is 2.69. The number of likely N-dealkylation sites (N-methyl/N-ethyl adjacent to an activating group) is 1. The van der Waals surface area contributed by atoms with Gasteiger partial charge in [0.05, 0.1) is 6.54 Å². The molecule has 2 aromatic carbocycles. The summed E-state index contributed by atoms with van der Waals surface area (Å²) in [4.78, 5) is 38.2. The Balaban J connectivity index is 1.87. The van der Waals surface area contributed by atoms with Crippen molar-refractivity contribution >= 4 is 29.5 Å². The van der Waals surface area contributed by atoms with E-state index >= 15 is 0 Å². The third kappa shape index (κ3) is 6.60. The molecule has 0 bridgehead atoms. The number of benzene rings is 2. The highest BCUT2D eigenvalue weighted by Crippen LogP contribution is 2.19. The van der Waals surface area contributed by atoms with Crippen molar-refractivity contribution in [2.75, 3.05) is 18.9 Å². The average molecular weight is 393 g/mol. The molecular weight excluding hydrogens is 366 g/mol. The summed E-state index contributed by atoms with van der Waals surface area (Å²) in [6.07, 6.45) is 3.06. The number of nitrogens with zero attached hydrogens (tertiary/aromatic N) is 1. The van der Waals surface area contributed by atoms with Gasteiger partial charge in [0.15, 0.2) is 0 Å². The lowest BCUT2D eigenvalue weighted by molar-refractivity contribution is -0.136. The van der Waals surface area contributed by atoms with Crippen molar-refractivity contribution in [2.24, 2.45) is 0 Å². The number of rotatable bonds is 7. The van der Waals surface area contributed by atoms with Crippen molar-refractivity contribution in [1.82, 2.24) is 10.2 Å². The Kier molecular flexibility index (Phi) is 7.71. The van der Waals surface area contributed by atoms with Crippen LogP contribution in [0.5, 0.6) is 0 Å². The molecule has 1 atom stereocenters. The zero-order valence-corrected chi connectivity index (χ0v) is 17.2. The second-order valence-corrected chi connectivity index (χ2v) is 6.98. The molecule has 6 nitrogen and oxygen atoms in total. The molecule has 1 unspecified atom stereocenters. The maximum atomic E-state index is 12.5. The number of aryl methyl sites for hydroxylation is 2. The second-order valence-electron chi connectivity index (χ2n) is 6.98. The summed E-state index contributed by atoms with van der Waals surface area (Å²) in [6.45, 7) is 5.32. The monoisotopic (exact) mass is 393 g/mol. The van der Waals surface area contributed by atoms with Crippen LogP contribution < -0.4 is 10.6 Å². The van der Waals surface area contributed by atoms with Gasteiger partial charge in [-0.3, -0.25) is 14.4 Å². The Bertz CT molecular complexity index is 887. The third-order valence-electron chi connectivity index (χ3n) is 4.46. The molecule has 0 aliphatic carbocycles. The van der Waals surface area contributed by atoms with Gasteiger partial charge in [0.1, 0.15) is 6.04 Å². The Hall–Kier alpha value is -3.41. The Morgan fingerprint density at radius 2 is 1.62 bits per heavy atom. The van der Waals surface area contributed by atoms with Gasteiger partial charge in [0.2, 0.25) is 17.7 Å². The van der Waals surface area contributed by atoms with Crippen LogP contribution in [0.1, 0.15) is 23.6 Å². The van der Waals surface area contributed by atoms with Crippen LogP contribution in [0, 0.1) is 13.8 Å². The van der Waals surface area contributed by atoms with Crippen LogP contribution in [0.2, 0.25) is 0 Å². The number of hydrogen-bond acceptors (Lipinski definition) is 3. The number of carbonyl (C=O) groups excluding carboxylic acids is 3. The molecule has 2 aromatic rings. The van der Waals surface area contributed by atoms with E-state index in [1.54, 1.807) is 13.0 Å². The molecule has 0 radical (unpaired) electrons. The van der Waals surface area contributed by atoms with Gasteiger partial charge < -0.3 is 15.5 Å². The van der Waals surface area contributed by atoms with Crippen molar-refractivity contribution in [3.05, 3.63) is 71.3 Å².